The number of carbonyl (C=O) groups excluding carboxylic acids is 1. The Morgan fingerprint density at radius 3 is 2.39 bits per heavy atom. The lowest BCUT2D eigenvalue weighted by molar-refractivity contribution is -0.171. The van der Waals surface area contributed by atoms with Crippen LogP contribution in [0.15, 0.2) is 11.6 Å². The number of hydrogen-bond acceptors (Lipinski definition) is 6. The van der Waals surface area contributed by atoms with Gasteiger partial charge in [-0.15, -0.1) is 0 Å². The standard InChI is InChI=1S/C26H44O6Si/c1-23(2,3)33(6,7)32-21-11-12-24(4)19(25(21,5)15-27)10-13-26(16-31-26)20(24)9-8-17-18(28)14-30-22(17)29/h8,18-21,27-28H,9-16H2,1-7H3/b17-8+/t18-,19+,20+,21-,24-,25+,26+/m1/s1. The zero-order valence-corrected chi connectivity index (χ0v) is 22.6. The van der Waals surface area contributed by atoms with Crippen molar-refractivity contribution in [2.24, 2.45) is 22.7 Å². The van der Waals surface area contributed by atoms with E-state index in [2.05, 4.69) is 47.7 Å². The third-order valence-corrected chi connectivity index (χ3v) is 14.7. The molecule has 4 aliphatic rings. The first-order chi connectivity index (χ1) is 15.2. The Bertz CT molecular complexity index is 812. The fourth-order valence-electron chi connectivity index (χ4n) is 6.95. The molecule has 2 saturated carbocycles. The minimum Gasteiger partial charge on any atom is -0.459 e. The van der Waals surface area contributed by atoms with Gasteiger partial charge in [-0.2, -0.15) is 0 Å². The molecule has 1 spiro atoms. The Hall–Kier alpha value is -0.733. The van der Waals surface area contributed by atoms with Gasteiger partial charge < -0.3 is 24.1 Å². The molecule has 4 rings (SSSR count). The molecule has 2 aliphatic carbocycles. The zero-order chi connectivity index (χ0) is 24.4. The van der Waals surface area contributed by atoms with Crippen LogP contribution in [0, 0.1) is 22.7 Å². The molecule has 188 valence electrons. The highest BCUT2D eigenvalue weighted by atomic mass is 28.4. The highest BCUT2D eigenvalue weighted by Crippen LogP contribution is 2.67. The summed E-state index contributed by atoms with van der Waals surface area (Å²) in [5, 5.41) is 21.1. The van der Waals surface area contributed by atoms with E-state index in [1.165, 1.54) is 0 Å². The number of hydrogen-bond donors (Lipinski definition) is 2. The van der Waals surface area contributed by atoms with E-state index >= 15 is 0 Å². The number of aliphatic hydroxyl groups is 2. The van der Waals surface area contributed by atoms with Crippen molar-refractivity contribution in [1.29, 1.82) is 0 Å². The second-order valence-corrected chi connectivity index (χ2v) is 17.8. The second kappa shape index (κ2) is 8.15. The van der Waals surface area contributed by atoms with Crippen LogP contribution in [-0.4, -0.2) is 62.1 Å². The molecule has 0 aromatic carbocycles. The molecule has 0 aromatic heterocycles. The summed E-state index contributed by atoms with van der Waals surface area (Å²) in [6.07, 6.45) is 5.71. The predicted molar refractivity (Wildman–Crippen MR) is 129 cm³/mol. The van der Waals surface area contributed by atoms with Crippen molar-refractivity contribution in [3.8, 4) is 0 Å². The van der Waals surface area contributed by atoms with Gasteiger partial charge in [-0.05, 0) is 67.5 Å². The van der Waals surface area contributed by atoms with Crippen LogP contribution < -0.4 is 0 Å². The molecule has 2 heterocycles. The van der Waals surface area contributed by atoms with Crippen molar-refractivity contribution >= 4 is 14.3 Å². The molecule has 4 fully saturated rings. The SMILES string of the molecule is CC(C)(C)[Si](C)(C)O[C@@H]1CC[C@]2(C)[C@H](CC[C@]3(CO3)[C@H]2C/C=C2/C(=O)OC[C@H]2O)[C@]1(C)CO. The summed E-state index contributed by atoms with van der Waals surface area (Å²) in [4.78, 5) is 12.1. The monoisotopic (exact) mass is 480 g/mol. The van der Waals surface area contributed by atoms with Crippen LogP contribution in [-0.2, 0) is 18.7 Å². The maximum Gasteiger partial charge on any atom is 0.336 e. The van der Waals surface area contributed by atoms with Gasteiger partial charge in [0, 0.05) is 5.41 Å². The molecule has 7 heteroatoms. The average Bonchev–Trinajstić information content (AvgIpc) is 3.42. The Morgan fingerprint density at radius 2 is 1.88 bits per heavy atom. The minimum absolute atomic E-state index is 0.0377. The molecule has 0 amide bonds. The molecular weight excluding hydrogens is 436 g/mol. The minimum atomic E-state index is -1.98. The van der Waals surface area contributed by atoms with Gasteiger partial charge in [0.15, 0.2) is 8.32 Å². The van der Waals surface area contributed by atoms with E-state index in [1.807, 2.05) is 6.08 Å². The smallest absolute Gasteiger partial charge is 0.336 e. The summed E-state index contributed by atoms with van der Waals surface area (Å²) in [6, 6.07) is 0. The van der Waals surface area contributed by atoms with E-state index in [4.69, 9.17) is 13.9 Å². The fraction of sp³-hybridized carbons (Fsp3) is 0.885. The number of fused-ring (bicyclic) bond motifs is 1. The van der Waals surface area contributed by atoms with Crippen LogP contribution >= 0.6 is 0 Å². The van der Waals surface area contributed by atoms with Gasteiger partial charge in [-0.3, -0.25) is 0 Å². The zero-order valence-electron chi connectivity index (χ0n) is 21.6. The lowest BCUT2D eigenvalue weighted by Crippen LogP contribution is -2.62. The molecule has 0 radical (unpaired) electrons. The number of allylic oxidation sites excluding steroid dienone is 1. The maximum atomic E-state index is 12.1. The van der Waals surface area contributed by atoms with Gasteiger partial charge in [0.1, 0.15) is 12.7 Å². The first-order valence-corrected chi connectivity index (χ1v) is 15.6. The number of epoxide rings is 1. The van der Waals surface area contributed by atoms with Crippen LogP contribution in [0.1, 0.15) is 66.7 Å². The van der Waals surface area contributed by atoms with Crippen molar-refractivity contribution in [2.45, 2.75) is 103 Å². The first kappa shape index (κ1) is 25.4. The van der Waals surface area contributed by atoms with Crippen molar-refractivity contribution in [1.82, 2.24) is 0 Å². The molecule has 0 aromatic rings. The average molecular weight is 481 g/mol. The van der Waals surface area contributed by atoms with Gasteiger partial charge >= 0.3 is 5.97 Å². The van der Waals surface area contributed by atoms with Crippen LogP contribution in [0.4, 0.5) is 0 Å². The largest absolute Gasteiger partial charge is 0.459 e. The highest BCUT2D eigenvalue weighted by Gasteiger charge is 2.67. The molecule has 0 bridgehead atoms. The quantitative estimate of drug-likeness (QED) is 0.265. The summed E-state index contributed by atoms with van der Waals surface area (Å²) >= 11 is 0. The van der Waals surface area contributed by atoms with Crippen molar-refractivity contribution in [3.05, 3.63) is 11.6 Å². The van der Waals surface area contributed by atoms with Crippen LogP contribution in [0.5, 0.6) is 0 Å². The summed E-state index contributed by atoms with van der Waals surface area (Å²) in [6.45, 7) is 16.9. The van der Waals surface area contributed by atoms with Gasteiger partial charge in [0.05, 0.1) is 30.5 Å². The first-order valence-electron chi connectivity index (χ1n) is 12.7. The summed E-state index contributed by atoms with van der Waals surface area (Å²) in [5.41, 5.74) is -0.115. The number of carbonyl (C=O) groups is 1. The van der Waals surface area contributed by atoms with Gasteiger partial charge in [-0.1, -0.05) is 40.7 Å². The van der Waals surface area contributed by atoms with E-state index in [0.717, 1.165) is 32.3 Å². The van der Waals surface area contributed by atoms with Crippen molar-refractivity contribution in [2.75, 3.05) is 19.8 Å². The van der Waals surface area contributed by atoms with E-state index in [9.17, 15) is 15.0 Å². The molecular formula is C26H44O6Si. The Balaban J connectivity index is 1.63. The molecule has 2 aliphatic heterocycles. The molecule has 7 atom stereocenters. The Morgan fingerprint density at radius 1 is 1.21 bits per heavy atom. The lowest BCUT2D eigenvalue weighted by Gasteiger charge is -2.62. The van der Waals surface area contributed by atoms with E-state index in [1.54, 1.807) is 0 Å². The third kappa shape index (κ3) is 4.06. The molecule has 0 unspecified atom stereocenters. The second-order valence-electron chi connectivity index (χ2n) is 13.1. The lowest BCUT2D eigenvalue weighted by atomic mass is 9.45. The predicted octanol–water partition coefficient (Wildman–Crippen LogP) is 4.20. The Kier molecular flexibility index (Phi) is 6.27. The van der Waals surface area contributed by atoms with Gasteiger partial charge in [0.2, 0.25) is 0 Å². The normalized spacial score (nSPS) is 44.8. The molecule has 2 N–H and O–H groups in total. The van der Waals surface area contributed by atoms with Gasteiger partial charge in [-0.25, -0.2) is 4.79 Å². The van der Waals surface area contributed by atoms with Gasteiger partial charge in [0.25, 0.3) is 0 Å². The molecule has 2 saturated heterocycles. The summed E-state index contributed by atoms with van der Waals surface area (Å²) < 4.78 is 18.1. The number of aliphatic hydroxyl groups excluding tert-OH is 2. The molecule has 33 heavy (non-hydrogen) atoms. The van der Waals surface area contributed by atoms with E-state index in [-0.39, 0.29) is 46.7 Å². The van der Waals surface area contributed by atoms with Crippen LogP contribution in [0.2, 0.25) is 18.1 Å². The summed E-state index contributed by atoms with van der Waals surface area (Å²) in [5.74, 6) is 0.131. The van der Waals surface area contributed by atoms with E-state index < -0.39 is 20.4 Å². The number of cyclic esters (lactones) is 1. The van der Waals surface area contributed by atoms with Crippen LogP contribution in [0.25, 0.3) is 0 Å². The summed E-state index contributed by atoms with van der Waals surface area (Å²) in [7, 11) is -1.98. The van der Waals surface area contributed by atoms with Crippen LogP contribution in [0.3, 0.4) is 0 Å². The number of esters is 1. The number of rotatable bonds is 5. The third-order valence-electron chi connectivity index (χ3n) is 10.2. The number of ether oxygens (including phenoxy) is 2. The van der Waals surface area contributed by atoms with Crippen molar-refractivity contribution in [3.63, 3.8) is 0 Å². The highest BCUT2D eigenvalue weighted by molar-refractivity contribution is 6.74. The topological polar surface area (TPSA) is 88.5 Å². The van der Waals surface area contributed by atoms with Crippen molar-refractivity contribution < 1.29 is 28.9 Å². The molecule has 6 nitrogen and oxygen atoms in total. The fourth-order valence-corrected chi connectivity index (χ4v) is 8.40. The van der Waals surface area contributed by atoms with E-state index in [0.29, 0.717) is 17.9 Å². The Labute approximate surface area is 200 Å². The maximum absolute atomic E-state index is 12.1.